The fourth-order valence-corrected chi connectivity index (χ4v) is 4.66. The summed E-state index contributed by atoms with van der Waals surface area (Å²) in [7, 11) is -3.97. The van der Waals surface area contributed by atoms with Crippen LogP contribution in [0.3, 0.4) is 0 Å². The molecule has 1 amide bonds. The molecule has 1 fully saturated rings. The molecule has 0 spiro atoms. The van der Waals surface area contributed by atoms with E-state index in [1.54, 1.807) is 0 Å². The Bertz CT molecular complexity index is 670. The van der Waals surface area contributed by atoms with Gasteiger partial charge in [-0.15, -0.1) is 0 Å². The number of nitrogens with one attached hydrogen (secondary N) is 2. The summed E-state index contributed by atoms with van der Waals surface area (Å²) in [4.78, 5) is 21.6. The minimum Gasteiger partial charge on any atom is -0.355 e. The molecule has 4 N–H and O–H groups in total. The molecule has 0 bridgehead atoms. The molecule has 0 aliphatic carbocycles. The Labute approximate surface area is 124 Å². The van der Waals surface area contributed by atoms with Gasteiger partial charge in [0.2, 0.25) is 5.91 Å². The summed E-state index contributed by atoms with van der Waals surface area (Å²) >= 11 is 0.657. The molecule has 0 unspecified atom stereocenters. The van der Waals surface area contributed by atoms with E-state index >= 15 is 0 Å². The first-order chi connectivity index (χ1) is 9.86. The number of amides is 1. The van der Waals surface area contributed by atoms with Crippen molar-refractivity contribution >= 4 is 38.0 Å². The molecule has 0 radical (unpaired) electrons. The number of sulfonamides is 1. The van der Waals surface area contributed by atoms with E-state index in [0.29, 0.717) is 24.3 Å². The second kappa shape index (κ2) is 5.93. The molecule has 0 aromatic carbocycles. The Morgan fingerprint density at radius 1 is 1.52 bits per heavy atom. The van der Waals surface area contributed by atoms with Crippen molar-refractivity contribution in [2.24, 2.45) is 5.84 Å². The summed E-state index contributed by atoms with van der Waals surface area (Å²) in [5.74, 6) is 4.75. The van der Waals surface area contributed by atoms with Crippen LogP contribution >= 0.6 is 11.3 Å². The van der Waals surface area contributed by atoms with Crippen LogP contribution in [0.4, 0.5) is 10.7 Å². The quantitative estimate of drug-likeness (QED) is 0.380. The summed E-state index contributed by atoms with van der Waals surface area (Å²) in [6.07, 6.45) is 0.473. The van der Waals surface area contributed by atoms with Crippen LogP contribution in [0.2, 0.25) is 0 Å². The van der Waals surface area contributed by atoms with Gasteiger partial charge in [0.25, 0.3) is 10.0 Å². The molecular formula is C9H13N5O5S2. The molecule has 116 valence electrons. The number of hydrazine groups is 1. The topological polar surface area (TPSA) is 148 Å². The van der Waals surface area contributed by atoms with Crippen molar-refractivity contribution in [1.82, 2.24) is 9.62 Å². The highest BCUT2D eigenvalue weighted by Gasteiger charge is 2.32. The van der Waals surface area contributed by atoms with Gasteiger partial charge >= 0.3 is 5.69 Å². The molecule has 1 saturated heterocycles. The number of nitrogen functional groups attached to an aromatic ring is 1. The van der Waals surface area contributed by atoms with Gasteiger partial charge in [0.05, 0.1) is 11.5 Å². The van der Waals surface area contributed by atoms with Gasteiger partial charge < -0.3 is 10.7 Å². The van der Waals surface area contributed by atoms with E-state index in [-0.39, 0.29) is 22.3 Å². The standard InChI is InChI=1S/C9H13N5O5S2/c10-12-9-6(14(16)17)4-8(20-9)21(18,19)13-3-1-2-11-7(15)5-13/h4,12H,1-3,5,10H2,(H,11,15). The van der Waals surface area contributed by atoms with Crippen LogP contribution in [0.15, 0.2) is 10.3 Å². The van der Waals surface area contributed by atoms with Crippen molar-refractivity contribution in [2.45, 2.75) is 10.6 Å². The van der Waals surface area contributed by atoms with Crippen molar-refractivity contribution in [3.05, 3.63) is 16.2 Å². The molecule has 1 aliphatic heterocycles. The normalized spacial score (nSPS) is 17.1. The third-order valence-electron chi connectivity index (χ3n) is 2.84. The average molecular weight is 335 g/mol. The third-order valence-corrected chi connectivity index (χ3v) is 6.19. The average Bonchev–Trinajstić information content (AvgIpc) is 2.75. The van der Waals surface area contributed by atoms with Crippen molar-refractivity contribution in [1.29, 1.82) is 0 Å². The minimum atomic E-state index is -3.97. The van der Waals surface area contributed by atoms with Crippen molar-refractivity contribution in [3.63, 3.8) is 0 Å². The smallest absolute Gasteiger partial charge is 0.306 e. The number of nitrogens with zero attached hydrogens (tertiary/aromatic N) is 2. The van der Waals surface area contributed by atoms with Crippen LogP contribution in [0.1, 0.15) is 6.42 Å². The monoisotopic (exact) mass is 335 g/mol. The predicted octanol–water partition coefficient (Wildman–Crippen LogP) is -0.548. The molecule has 1 aliphatic rings. The molecule has 21 heavy (non-hydrogen) atoms. The van der Waals surface area contributed by atoms with Crippen molar-refractivity contribution < 1.29 is 18.1 Å². The highest BCUT2D eigenvalue weighted by atomic mass is 32.2. The Hall–Kier alpha value is -1.76. The van der Waals surface area contributed by atoms with Crippen LogP contribution in [0.25, 0.3) is 0 Å². The molecule has 2 rings (SSSR count). The minimum absolute atomic E-state index is 0.0575. The lowest BCUT2D eigenvalue weighted by Crippen LogP contribution is -2.37. The van der Waals surface area contributed by atoms with E-state index in [1.165, 1.54) is 0 Å². The number of carbonyl (C=O) groups is 1. The first-order valence-electron chi connectivity index (χ1n) is 5.88. The zero-order valence-electron chi connectivity index (χ0n) is 10.7. The van der Waals surface area contributed by atoms with Crippen LogP contribution < -0.4 is 16.6 Å². The number of carbonyl (C=O) groups excluding carboxylic acids is 1. The molecule has 10 nitrogen and oxygen atoms in total. The molecule has 0 saturated carbocycles. The van der Waals surface area contributed by atoms with Gasteiger partial charge in [0.15, 0.2) is 5.00 Å². The van der Waals surface area contributed by atoms with Gasteiger partial charge in [0.1, 0.15) is 4.21 Å². The van der Waals surface area contributed by atoms with Gasteiger partial charge in [-0.2, -0.15) is 4.31 Å². The number of hydrogen-bond acceptors (Lipinski definition) is 8. The van der Waals surface area contributed by atoms with Crippen LogP contribution in [-0.4, -0.2) is 43.2 Å². The first-order valence-corrected chi connectivity index (χ1v) is 8.13. The Morgan fingerprint density at radius 3 is 2.81 bits per heavy atom. The highest BCUT2D eigenvalue weighted by molar-refractivity contribution is 7.91. The SMILES string of the molecule is NNc1sc(S(=O)(=O)N2CCCNC(=O)C2)cc1[N+](=O)[O-]. The lowest BCUT2D eigenvalue weighted by Gasteiger charge is -2.17. The molecule has 1 aromatic heterocycles. The van der Waals surface area contributed by atoms with Crippen molar-refractivity contribution in [2.75, 3.05) is 25.1 Å². The lowest BCUT2D eigenvalue weighted by molar-refractivity contribution is -0.383. The third kappa shape index (κ3) is 3.12. The van der Waals surface area contributed by atoms with E-state index in [1.807, 2.05) is 0 Å². The van der Waals surface area contributed by atoms with Crippen LogP contribution in [-0.2, 0) is 14.8 Å². The van der Waals surface area contributed by atoms with Crippen LogP contribution in [0.5, 0.6) is 0 Å². The van der Waals surface area contributed by atoms with Gasteiger partial charge in [-0.3, -0.25) is 14.9 Å². The Morgan fingerprint density at radius 2 is 2.24 bits per heavy atom. The molecule has 0 atom stereocenters. The molecular weight excluding hydrogens is 322 g/mol. The first kappa shape index (κ1) is 15.6. The second-order valence-corrected chi connectivity index (χ2v) is 7.44. The number of anilines is 1. The Kier molecular flexibility index (Phi) is 4.41. The maximum atomic E-state index is 12.5. The number of rotatable bonds is 4. The summed E-state index contributed by atoms with van der Waals surface area (Å²) < 4.78 is 25.7. The van der Waals surface area contributed by atoms with Crippen molar-refractivity contribution in [3.8, 4) is 0 Å². The number of nitro groups is 1. The fraction of sp³-hybridized carbons (Fsp3) is 0.444. The lowest BCUT2D eigenvalue weighted by atomic mass is 10.4. The number of nitrogens with two attached hydrogens (primary N) is 1. The van der Waals surface area contributed by atoms with Crippen LogP contribution in [0, 0.1) is 10.1 Å². The molecule has 12 heteroatoms. The number of hydrogen-bond donors (Lipinski definition) is 3. The Balaban J connectivity index is 2.39. The van der Waals surface area contributed by atoms with Gasteiger partial charge in [-0.05, 0) is 6.42 Å². The summed E-state index contributed by atoms with van der Waals surface area (Å²) in [5.41, 5.74) is 1.69. The fourth-order valence-electron chi connectivity index (χ4n) is 1.84. The summed E-state index contributed by atoms with van der Waals surface area (Å²) in [5, 5.41) is 13.4. The van der Waals surface area contributed by atoms with E-state index in [0.717, 1.165) is 10.4 Å². The zero-order valence-corrected chi connectivity index (χ0v) is 12.4. The molecule has 2 heterocycles. The number of thiophene rings is 1. The largest absolute Gasteiger partial charge is 0.355 e. The predicted molar refractivity (Wildman–Crippen MR) is 75.2 cm³/mol. The second-order valence-electron chi connectivity index (χ2n) is 4.22. The van der Waals surface area contributed by atoms with Gasteiger partial charge in [-0.25, -0.2) is 14.3 Å². The van der Waals surface area contributed by atoms with E-state index in [9.17, 15) is 23.3 Å². The van der Waals surface area contributed by atoms with Gasteiger partial charge in [0, 0.05) is 19.2 Å². The maximum absolute atomic E-state index is 12.5. The van der Waals surface area contributed by atoms with E-state index in [4.69, 9.17) is 5.84 Å². The van der Waals surface area contributed by atoms with Gasteiger partial charge in [-0.1, -0.05) is 11.3 Å². The van der Waals surface area contributed by atoms with E-state index < -0.39 is 26.5 Å². The highest BCUT2D eigenvalue weighted by Crippen LogP contribution is 2.37. The summed E-state index contributed by atoms with van der Waals surface area (Å²) in [6.45, 7) is 0.253. The molecule has 1 aromatic rings. The zero-order chi connectivity index (χ0) is 15.6. The maximum Gasteiger partial charge on any atom is 0.306 e. The van der Waals surface area contributed by atoms with E-state index in [2.05, 4.69) is 10.7 Å². The summed E-state index contributed by atoms with van der Waals surface area (Å²) in [6, 6.07) is 0.942.